The van der Waals surface area contributed by atoms with Crippen LogP contribution in [-0.2, 0) is 19.1 Å². The Bertz CT molecular complexity index is 984. The summed E-state index contributed by atoms with van der Waals surface area (Å²) in [5.74, 6) is -1.37. The normalized spacial score (nSPS) is 13.3. The molecule has 0 spiro atoms. The molecule has 0 aromatic rings. The Hall–Kier alpha value is -2.93. The van der Waals surface area contributed by atoms with Gasteiger partial charge in [-0.05, 0) is 103 Å². The highest BCUT2D eigenvalue weighted by Gasteiger charge is 2.19. The predicted molar refractivity (Wildman–Crippen MR) is 216 cm³/mol. The quantitative estimate of drug-likeness (QED) is 0.0338. The first-order valence-corrected chi connectivity index (χ1v) is 20.6. The van der Waals surface area contributed by atoms with E-state index < -0.39 is 12.0 Å². The van der Waals surface area contributed by atoms with Crippen LogP contribution in [0, 0.1) is 0 Å². The summed E-state index contributed by atoms with van der Waals surface area (Å²) >= 11 is 0. The van der Waals surface area contributed by atoms with Gasteiger partial charge in [0.05, 0.1) is 0 Å². The van der Waals surface area contributed by atoms with E-state index in [9.17, 15) is 19.5 Å². The van der Waals surface area contributed by atoms with Gasteiger partial charge in [-0.2, -0.15) is 0 Å². The van der Waals surface area contributed by atoms with Gasteiger partial charge >= 0.3 is 11.9 Å². The molecular formula is C44H76N2O5. The van der Waals surface area contributed by atoms with Gasteiger partial charge < -0.3 is 20.9 Å². The number of esters is 1. The number of amides is 1. The number of hydrogen-bond acceptors (Lipinski definition) is 5. The largest absolute Gasteiger partial charge is 0.480 e. The fraction of sp³-hybridized carbons (Fsp3) is 0.705. The van der Waals surface area contributed by atoms with Gasteiger partial charge in [-0.15, -0.1) is 0 Å². The van der Waals surface area contributed by atoms with Crippen LogP contribution in [0.15, 0.2) is 60.8 Å². The second-order valence-corrected chi connectivity index (χ2v) is 13.7. The lowest BCUT2D eigenvalue weighted by Crippen LogP contribution is -2.40. The fourth-order valence-electron chi connectivity index (χ4n) is 5.71. The van der Waals surface area contributed by atoms with Gasteiger partial charge in [-0.1, -0.05) is 133 Å². The number of carbonyl (C=O) groups is 3. The summed E-state index contributed by atoms with van der Waals surface area (Å²) in [4.78, 5) is 36.3. The first-order chi connectivity index (χ1) is 24.9. The number of carbonyl (C=O) groups excluding carboxylic acids is 2. The van der Waals surface area contributed by atoms with Crippen LogP contribution in [-0.4, -0.2) is 41.6 Å². The second kappa shape index (κ2) is 38.3. The molecule has 2 unspecified atom stereocenters. The van der Waals surface area contributed by atoms with Crippen LogP contribution in [0.4, 0.5) is 0 Å². The minimum absolute atomic E-state index is 0.116. The zero-order valence-corrected chi connectivity index (χ0v) is 32.7. The highest BCUT2D eigenvalue weighted by atomic mass is 16.5. The molecule has 0 saturated heterocycles. The topological polar surface area (TPSA) is 119 Å². The van der Waals surface area contributed by atoms with Crippen LogP contribution in [0.25, 0.3) is 0 Å². The molecule has 51 heavy (non-hydrogen) atoms. The molecule has 0 rings (SSSR count). The Labute approximate surface area is 312 Å². The van der Waals surface area contributed by atoms with Crippen LogP contribution in [0.5, 0.6) is 0 Å². The number of allylic oxidation sites excluding steroid dienone is 9. The molecule has 0 saturated carbocycles. The molecule has 0 aliphatic carbocycles. The van der Waals surface area contributed by atoms with E-state index in [1.807, 2.05) is 6.08 Å². The minimum atomic E-state index is -1.02. The van der Waals surface area contributed by atoms with Gasteiger partial charge in [-0.25, -0.2) is 4.79 Å². The number of nitrogens with two attached hydrogens (primary N) is 1. The van der Waals surface area contributed by atoms with E-state index >= 15 is 0 Å². The van der Waals surface area contributed by atoms with Crippen molar-refractivity contribution in [2.75, 3.05) is 6.54 Å². The van der Waals surface area contributed by atoms with Crippen molar-refractivity contribution < 1.29 is 24.2 Å². The summed E-state index contributed by atoms with van der Waals surface area (Å²) in [5, 5.41) is 11.9. The predicted octanol–water partition coefficient (Wildman–Crippen LogP) is 11.4. The first-order valence-electron chi connectivity index (χ1n) is 20.6. The Kier molecular flexibility index (Phi) is 36.1. The number of aliphatic carboxylic acids is 1. The molecule has 0 fully saturated rings. The standard InChI is InChI=1S/C44H76N2O5/c1-3-5-7-9-11-13-14-15-16-17-18-19-20-22-24-26-32-38-43(48)51-40(34-29-25-23-21-12-10-8-6-4-2)35-30-27-28-31-37-42(47)46-41(44(49)50)36-33-39-45/h5,7,11,13,15-16,21,23,29,34,40-41H,3-4,6,8-10,12,14,17-20,22,24-28,30-33,35-39,45H2,1-2H3,(H,46,47)(H,49,50)/b7-5-,13-11-,16-15-,23-21-,34-29-. The zero-order chi connectivity index (χ0) is 37.5. The van der Waals surface area contributed by atoms with Gasteiger partial charge in [0.25, 0.3) is 0 Å². The van der Waals surface area contributed by atoms with Gasteiger partial charge in [-0.3, -0.25) is 9.59 Å². The van der Waals surface area contributed by atoms with E-state index in [1.165, 1.54) is 51.4 Å². The number of carboxylic acids is 1. The maximum Gasteiger partial charge on any atom is 0.326 e. The molecule has 7 heteroatoms. The molecule has 0 aliphatic rings. The molecule has 0 bridgehead atoms. The van der Waals surface area contributed by atoms with E-state index in [4.69, 9.17) is 10.5 Å². The molecule has 4 N–H and O–H groups in total. The lowest BCUT2D eigenvalue weighted by molar-refractivity contribution is -0.147. The number of nitrogens with one attached hydrogen (secondary N) is 1. The van der Waals surface area contributed by atoms with Crippen LogP contribution in [0.1, 0.15) is 181 Å². The summed E-state index contributed by atoms with van der Waals surface area (Å²) in [6.07, 6.45) is 47.0. The molecule has 2 atom stereocenters. The summed E-state index contributed by atoms with van der Waals surface area (Å²) in [7, 11) is 0. The molecule has 0 heterocycles. The van der Waals surface area contributed by atoms with Crippen molar-refractivity contribution in [1.29, 1.82) is 0 Å². The smallest absolute Gasteiger partial charge is 0.326 e. The van der Waals surface area contributed by atoms with E-state index in [1.54, 1.807) is 0 Å². The fourth-order valence-corrected chi connectivity index (χ4v) is 5.71. The molecule has 292 valence electrons. The van der Waals surface area contributed by atoms with Crippen molar-refractivity contribution >= 4 is 17.8 Å². The van der Waals surface area contributed by atoms with Crippen LogP contribution in [0.2, 0.25) is 0 Å². The Balaban J connectivity index is 4.36. The van der Waals surface area contributed by atoms with Crippen molar-refractivity contribution in [1.82, 2.24) is 5.32 Å². The van der Waals surface area contributed by atoms with Crippen LogP contribution >= 0.6 is 0 Å². The third kappa shape index (κ3) is 35.3. The lowest BCUT2D eigenvalue weighted by Gasteiger charge is -2.15. The highest BCUT2D eigenvalue weighted by Crippen LogP contribution is 2.15. The monoisotopic (exact) mass is 713 g/mol. The van der Waals surface area contributed by atoms with E-state index in [2.05, 4.69) is 73.8 Å². The molecule has 0 aliphatic heterocycles. The minimum Gasteiger partial charge on any atom is -0.480 e. The molecule has 0 aromatic heterocycles. The number of ether oxygens (including phenoxy) is 1. The summed E-state index contributed by atoms with van der Waals surface area (Å²) in [6, 6.07) is -0.877. The van der Waals surface area contributed by atoms with Crippen LogP contribution < -0.4 is 11.1 Å². The first kappa shape index (κ1) is 48.1. The summed E-state index contributed by atoms with van der Waals surface area (Å²) in [6.45, 7) is 4.78. The van der Waals surface area contributed by atoms with Gasteiger partial charge in [0.15, 0.2) is 0 Å². The molecule has 0 radical (unpaired) electrons. The molecular weight excluding hydrogens is 636 g/mol. The van der Waals surface area contributed by atoms with E-state index in [0.717, 1.165) is 83.5 Å². The van der Waals surface area contributed by atoms with Gasteiger partial charge in [0, 0.05) is 12.8 Å². The summed E-state index contributed by atoms with van der Waals surface area (Å²) in [5.41, 5.74) is 5.48. The molecule has 7 nitrogen and oxygen atoms in total. The van der Waals surface area contributed by atoms with E-state index in [0.29, 0.717) is 38.6 Å². The molecule has 0 aromatic carbocycles. The second-order valence-electron chi connectivity index (χ2n) is 13.7. The average molecular weight is 713 g/mol. The van der Waals surface area contributed by atoms with Crippen molar-refractivity contribution in [2.45, 2.75) is 193 Å². The Morgan fingerprint density at radius 1 is 0.608 bits per heavy atom. The molecule has 1 amide bonds. The van der Waals surface area contributed by atoms with Crippen molar-refractivity contribution in [2.24, 2.45) is 5.73 Å². The Morgan fingerprint density at radius 2 is 1.14 bits per heavy atom. The summed E-state index contributed by atoms with van der Waals surface area (Å²) < 4.78 is 5.90. The lowest BCUT2D eigenvalue weighted by atomic mass is 10.1. The number of rotatable bonds is 36. The highest BCUT2D eigenvalue weighted by molar-refractivity contribution is 5.83. The number of hydrogen-bond donors (Lipinski definition) is 3. The third-order valence-corrected chi connectivity index (χ3v) is 8.80. The third-order valence-electron chi connectivity index (χ3n) is 8.80. The van der Waals surface area contributed by atoms with Crippen molar-refractivity contribution in [3.05, 3.63) is 60.8 Å². The van der Waals surface area contributed by atoms with E-state index in [-0.39, 0.29) is 18.0 Å². The number of unbranched alkanes of at least 4 members (excludes halogenated alkanes) is 14. The average Bonchev–Trinajstić information content (AvgIpc) is 3.11. The number of carboxylic acid groups (broad SMARTS) is 1. The maximum absolute atomic E-state index is 12.7. The Morgan fingerprint density at radius 3 is 1.75 bits per heavy atom. The van der Waals surface area contributed by atoms with Crippen molar-refractivity contribution in [3.8, 4) is 0 Å². The van der Waals surface area contributed by atoms with Crippen molar-refractivity contribution in [3.63, 3.8) is 0 Å². The zero-order valence-electron chi connectivity index (χ0n) is 32.7. The van der Waals surface area contributed by atoms with Gasteiger partial charge in [0.2, 0.25) is 5.91 Å². The van der Waals surface area contributed by atoms with Gasteiger partial charge in [0.1, 0.15) is 12.1 Å². The SMILES string of the molecule is CC/C=C\C/C=C\C/C=C\CCCCCCCCCC(=O)OC(/C=C\C/C=C\CCCCCC)CCCCCCC(=O)NC(CCCN)C(=O)O. The maximum atomic E-state index is 12.7. The van der Waals surface area contributed by atoms with Crippen LogP contribution in [0.3, 0.4) is 0 Å².